The quantitative estimate of drug-likeness (QED) is 0.160. The minimum absolute atomic E-state index is 0.605. The average Bonchev–Trinajstić information content (AvgIpc) is 3.95. The molecule has 0 saturated heterocycles. The SMILES string of the molecule is c1ccc(-c2ccccc2-c2nc(-c3ccc(-n4c5ccc(-n6c7ccccc7c7ccc8ccccc8c76)cc5c5cc6ccccc6cc54)cc3)nc(-c3ccccc3-c3ccccc3)n2)cc1. The molecular formula is C65H41N5. The van der Waals surface area contributed by atoms with Crippen LogP contribution in [0.4, 0.5) is 0 Å². The van der Waals surface area contributed by atoms with Crippen LogP contribution in [0.3, 0.4) is 0 Å². The number of para-hydroxylation sites is 1. The van der Waals surface area contributed by atoms with Crippen molar-refractivity contribution in [2.75, 3.05) is 0 Å². The molecule has 0 atom stereocenters. The van der Waals surface area contributed by atoms with Gasteiger partial charge in [-0.2, -0.15) is 0 Å². The lowest BCUT2D eigenvalue weighted by Gasteiger charge is -2.14. The molecule has 0 radical (unpaired) electrons. The molecular weight excluding hydrogens is 851 g/mol. The molecule has 0 aliphatic carbocycles. The van der Waals surface area contributed by atoms with Crippen molar-refractivity contribution in [3.63, 3.8) is 0 Å². The molecule has 0 fully saturated rings. The number of benzene rings is 11. The lowest BCUT2D eigenvalue weighted by molar-refractivity contribution is 1.07. The molecule has 326 valence electrons. The molecule has 5 nitrogen and oxygen atoms in total. The number of hydrogen-bond donors (Lipinski definition) is 0. The zero-order chi connectivity index (χ0) is 46.1. The highest BCUT2D eigenvalue weighted by Gasteiger charge is 2.21. The normalized spacial score (nSPS) is 11.7. The van der Waals surface area contributed by atoms with E-state index in [1.165, 1.54) is 54.1 Å². The molecule has 14 aromatic rings. The molecule has 0 spiro atoms. The molecule has 0 aliphatic heterocycles. The number of aromatic nitrogens is 5. The summed E-state index contributed by atoms with van der Waals surface area (Å²) < 4.78 is 4.86. The number of nitrogens with zero attached hydrogens (tertiary/aromatic N) is 5. The Bertz CT molecular complexity index is 4240. The van der Waals surface area contributed by atoms with Gasteiger partial charge in [0.15, 0.2) is 17.5 Å². The summed E-state index contributed by atoms with van der Waals surface area (Å²) in [5.41, 5.74) is 14.0. The Hall–Kier alpha value is -9.45. The first-order valence-corrected chi connectivity index (χ1v) is 23.8. The Balaban J connectivity index is 0.953. The fourth-order valence-electron chi connectivity index (χ4n) is 10.7. The second kappa shape index (κ2) is 16.1. The Morgan fingerprint density at radius 1 is 0.243 bits per heavy atom. The highest BCUT2D eigenvalue weighted by Crippen LogP contribution is 2.41. The Morgan fingerprint density at radius 3 is 1.41 bits per heavy atom. The Labute approximate surface area is 403 Å². The topological polar surface area (TPSA) is 48.5 Å². The van der Waals surface area contributed by atoms with Gasteiger partial charge in [-0.1, -0.05) is 188 Å². The van der Waals surface area contributed by atoms with Gasteiger partial charge in [-0.05, 0) is 99.1 Å². The first-order chi connectivity index (χ1) is 34.7. The molecule has 0 unspecified atom stereocenters. The molecule has 14 rings (SSSR count). The molecule has 5 heteroatoms. The molecule has 70 heavy (non-hydrogen) atoms. The van der Waals surface area contributed by atoms with E-state index in [-0.39, 0.29) is 0 Å². The summed E-state index contributed by atoms with van der Waals surface area (Å²) in [6, 6.07) is 88.7. The molecule has 0 aliphatic rings. The second-order valence-corrected chi connectivity index (χ2v) is 18.0. The van der Waals surface area contributed by atoms with Gasteiger partial charge in [0.25, 0.3) is 0 Å². The monoisotopic (exact) mass is 891 g/mol. The predicted molar refractivity (Wildman–Crippen MR) is 291 cm³/mol. The maximum absolute atomic E-state index is 5.28. The summed E-state index contributed by atoms with van der Waals surface area (Å²) in [4.78, 5) is 15.8. The van der Waals surface area contributed by atoms with Gasteiger partial charge in [0.1, 0.15) is 0 Å². The summed E-state index contributed by atoms with van der Waals surface area (Å²) >= 11 is 0. The van der Waals surface area contributed by atoms with Gasteiger partial charge in [0.2, 0.25) is 0 Å². The van der Waals surface area contributed by atoms with Crippen molar-refractivity contribution in [1.29, 1.82) is 0 Å². The van der Waals surface area contributed by atoms with E-state index in [0.717, 1.165) is 61.4 Å². The minimum Gasteiger partial charge on any atom is -0.309 e. The van der Waals surface area contributed by atoms with E-state index in [4.69, 9.17) is 15.0 Å². The van der Waals surface area contributed by atoms with Crippen LogP contribution in [0.25, 0.3) is 133 Å². The van der Waals surface area contributed by atoms with E-state index in [1.54, 1.807) is 0 Å². The van der Waals surface area contributed by atoms with Gasteiger partial charge in [-0.15, -0.1) is 0 Å². The molecule has 3 aromatic heterocycles. The standard InChI is InChI=1S/C65H41N5/c1-3-17-42(18-4-1)50-24-11-13-28-55(50)64-66-63(67-65(68-64)56-29-14-12-25-51(56)43-19-5-2-6-20-43)45-31-34-48(35-32-45)69-60-38-36-49(41-58(60)57-39-46-22-7-8-23-47(46)40-61(57)69)70-59-30-16-15-27-53(59)54-37-33-44-21-9-10-26-52(44)62(54)70/h1-41H. The minimum atomic E-state index is 0.605. The average molecular weight is 892 g/mol. The zero-order valence-corrected chi connectivity index (χ0v) is 37.9. The van der Waals surface area contributed by atoms with Crippen LogP contribution in [0.2, 0.25) is 0 Å². The Morgan fingerprint density at radius 2 is 0.743 bits per heavy atom. The van der Waals surface area contributed by atoms with E-state index in [1.807, 2.05) is 12.1 Å². The van der Waals surface area contributed by atoms with E-state index in [0.29, 0.717) is 17.5 Å². The summed E-state index contributed by atoms with van der Waals surface area (Å²) in [6.45, 7) is 0. The van der Waals surface area contributed by atoms with Gasteiger partial charge in [-0.25, -0.2) is 15.0 Å². The number of rotatable bonds is 7. The smallest absolute Gasteiger partial charge is 0.164 e. The van der Waals surface area contributed by atoms with Crippen LogP contribution in [-0.4, -0.2) is 24.1 Å². The van der Waals surface area contributed by atoms with E-state index in [9.17, 15) is 0 Å². The summed E-state index contributed by atoms with van der Waals surface area (Å²) in [7, 11) is 0. The molecule has 0 bridgehead atoms. The van der Waals surface area contributed by atoms with Crippen molar-refractivity contribution in [3.8, 4) is 67.8 Å². The second-order valence-electron chi connectivity index (χ2n) is 18.0. The van der Waals surface area contributed by atoms with E-state index in [2.05, 4.69) is 246 Å². The maximum atomic E-state index is 5.28. The lowest BCUT2D eigenvalue weighted by atomic mass is 9.98. The van der Waals surface area contributed by atoms with E-state index < -0.39 is 0 Å². The van der Waals surface area contributed by atoms with Gasteiger partial charge in [-0.3, -0.25) is 0 Å². The molecule has 0 amide bonds. The predicted octanol–water partition coefficient (Wildman–Crippen LogP) is 16.7. The largest absolute Gasteiger partial charge is 0.309 e. The van der Waals surface area contributed by atoms with Crippen molar-refractivity contribution in [2.45, 2.75) is 0 Å². The molecule has 0 saturated carbocycles. The zero-order valence-electron chi connectivity index (χ0n) is 37.9. The van der Waals surface area contributed by atoms with Crippen molar-refractivity contribution in [1.82, 2.24) is 24.1 Å². The molecule has 0 N–H and O–H groups in total. The number of hydrogen-bond acceptors (Lipinski definition) is 3. The number of fused-ring (bicyclic) bond motifs is 9. The summed E-state index contributed by atoms with van der Waals surface area (Å²) in [6.07, 6.45) is 0. The molecule has 3 heterocycles. The van der Waals surface area contributed by atoms with Crippen molar-refractivity contribution >= 4 is 65.2 Å². The van der Waals surface area contributed by atoms with Gasteiger partial charge in [0.05, 0.1) is 22.1 Å². The van der Waals surface area contributed by atoms with E-state index >= 15 is 0 Å². The van der Waals surface area contributed by atoms with Crippen molar-refractivity contribution in [2.24, 2.45) is 0 Å². The fraction of sp³-hybridized carbons (Fsp3) is 0. The van der Waals surface area contributed by atoms with Crippen molar-refractivity contribution < 1.29 is 0 Å². The van der Waals surface area contributed by atoms with Crippen LogP contribution in [0.15, 0.2) is 249 Å². The maximum Gasteiger partial charge on any atom is 0.164 e. The van der Waals surface area contributed by atoms with Crippen LogP contribution >= 0.6 is 0 Å². The molecule has 11 aromatic carbocycles. The third-order valence-electron chi connectivity index (χ3n) is 14.0. The highest BCUT2D eigenvalue weighted by atomic mass is 15.0. The van der Waals surface area contributed by atoms with Gasteiger partial charge in [0, 0.05) is 55.0 Å². The lowest BCUT2D eigenvalue weighted by Crippen LogP contribution is -2.02. The summed E-state index contributed by atoms with van der Waals surface area (Å²) in [5.74, 6) is 1.84. The van der Waals surface area contributed by atoms with Crippen LogP contribution in [0, 0.1) is 0 Å². The fourth-order valence-corrected chi connectivity index (χ4v) is 10.7. The first kappa shape index (κ1) is 39.7. The third-order valence-corrected chi connectivity index (χ3v) is 14.0. The van der Waals surface area contributed by atoms with Crippen LogP contribution in [-0.2, 0) is 0 Å². The van der Waals surface area contributed by atoms with Crippen LogP contribution in [0.5, 0.6) is 0 Å². The third kappa shape index (κ3) is 6.44. The van der Waals surface area contributed by atoms with Crippen LogP contribution in [0.1, 0.15) is 0 Å². The Kier molecular flexibility index (Phi) is 9.14. The van der Waals surface area contributed by atoms with Gasteiger partial charge >= 0.3 is 0 Å². The summed E-state index contributed by atoms with van der Waals surface area (Å²) in [5, 5.41) is 9.76. The van der Waals surface area contributed by atoms with Gasteiger partial charge < -0.3 is 9.13 Å². The first-order valence-electron chi connectivity index (χ1n) is 23.8. The van der Waals surface area contributed by atoms with Crippen LogP contribution < -0.4 is 0 Å². The van der Waals surface area contributed by atoms with Crippen molar-refractivity contribution in [3.05, 3.63) is 249 Å². The highest BCUT2D eigenvalue weighted by molar-refractivity contribution is 6.19.